The normalized spacial score (nSPS) is 39.7. The molecule has 5 nitrogen and oxygen atoms in total. The maximum absolute atomic E-state index is 12.8. The molecule has 0 bridgehead atoms. The molecule has 0 saturated heterocycles. The first kappa shape index (κ1) is 22.2. The van der Waals surface area contributed by atoms with Crippen LogP contribution in [0, 0.1) is 28.6 Å². The molecular formula is C20H26F3O5PS. The lowest BCUT2D eigenvalue weighted by molar-refractivity contribution is -0.0566. The summed E-state index contributed by atoms with van der Waals surface area (Å²) < 4.78 is 77.9. The Balaban J connectivity index is 1.62. The summed E-state index contributed by atoms with van der Waals surface area (Å²) in [4.78, 5) is 9.52. The summed E-state index contributed by atoms with van der Waals surface area (Å²) in [7, 11) is -8.39. The Labute approximate surface area is 175 Å². The third-order valence-corrected chi connectivity index (χ3v) is 9.95. The van der Waals surface area contributed by atoms with Crippen LogP contribution in [0.2, 0.25) is 0 Å². The highest BCUT2D eigenvalue weighted by molar-refractivity contribution is 7.87. The minimum absolute atomic E-state index is 0.00617. The first-order chi connectivity index (χ1) is 13.8. The minimum atomic E-state index is -5.68. The van der Waals surface area contributed by atoms with Crippen molar-refractivity contribution in [1.29, 1.82) is 0 Å². The summed E-state index contributed by atoms with van der Waals surface area (Å²) >= 11 is 0. The Hall–Kier alpha value is -1.05. The van der Waals surface area contributed by atoms with Gasteiger partial charge in [-0.3, -0.25) is 4.57 Å². The molecular weight excluding hydrogens is 440 g/mol. The predicted octanol–water partition coefficient (Wildman–Crippen LogP) is 5.27. The average molecular weight is 466 g/mol. The molecule has 0 aromatic rings. The quantitative estimate of drug-likeness (QED) is 0.348. The molecule has 6 atom stereocenters. The molecule has 168 valence electrons. The molecule has 0 spiro atoms. The molecule has 0 amide bonds. The molecule has 0 aromatic carbocycles. The van der Waals surface area contributed by atoms with Crippen LogP contribution in [0.5, 0.6) is 0 Å². The molecule has 4 aliphatic rings. The molecule has 0 aromatic heterocycles. The van der Waals surface area contributed by atoms with Crippen LogP contribution in [0.1, 0.15) is 52.4 Å². The number of hydrogen-bond acceptors (Lipinski definition) is 4. The Morgan fingerprint density at radius 1 is 1.13 bits per heavy atom. The zero-order valence-corrected chi connectivity index (χ0v) is 18.6. The second-order valence-electron chi connectivity index (χ2n) is 9.41. The fourth-order valence-electron chi connectivity index (χ4n) is 6.32. The van der Waals surface area contributed by atoms with Gasteiger partial charge in [0.15, 0.2) is 0 Å². The lowest BCUT2D eigenvalue weighted by atomic mass is 9.48. The second-order valence-corrected chi connectivity index (χ2v) is 12.2. The first-order valence-electron chi connectivity index (χ1n) is 10.2. The van der Waals surface area contributed by atoms with Crippen LogP contribution in [0.4, 0.5) is 13.2 Å². The minimum Gasteiger partial charge on any atom is -0.380 e. The van der Waals surface area contributed by atoms with E-state index in [1.54, 1.807) is 0 Å². The van der Waals surface area contributed by atoms with Gasteiger partial charge in [-0.2, -0.15) is 21.6 Å². The SMILES string of the molecule is C[C@]12CCC([PH](=O)O)=CC1=CC[C@@H]1[C@@H]2CC[C@]2(C)C(OS(=O)(=O)C(F)(F)F)=CC[C@@H]12. The van der Waals surface area contributed by atoms with E-state index >= 15 is 0 Å². The maximum Gasteiger partial charge on any atom is 0.534 e. The molecule has 0 heterocycles. The van der Waals surface area contributed by atoms with E-state index in [0.717, 1.165) is 24.8 Å². The zero-order chi connectivity index (χ0) is 22.1. The summed E-state index contributed by atoms with van der Waals surface area (Å²) in [6, 6.07) is 0. The molecule has 1 N–H and O–H groups in total. The summed E-state index contributed by atoms with van der Waals surface area (Å²) in [5, 5.41) is 0.596. The van der Waals surface area contributed by atoms with Gasteiger partial charge >= 0.3 is 15.6 Å². The van der Waals surface area contributed by atoms with Crippen molar-refractivity contribution >= 4 is 18.1 Å². The smallest absolute Gasteiger partial charge is 0.380 e. The van der Waals surface area contributed by atoms with Gasteiger partial charge in [0.05, 0.1) is 0 Å². The van der Waals surface area contributed by atoms with Crippen LogP contribution >= 0.6 is 8.03 Å². The highest BCUT2D eigenvalue weighted by atomic mass is 32.2. The number of halogens is 3. The van der Waals surface area contributed by atoms with Crippen molar-refractivity contribution in [3.8, 4) is 0 Å². The summed E-state index contributed by atoms with van der Waals surface area (Å²) in [6.45, 7) is 3.99. The molecule has 1 unspecified atom stereocenters. The second kappa shape index (κ2) is 6.97. The largest absolute Gasteiger partial charge is 0.534 e. The Kier molecular flexibility index (Phi) is 5.15. The Morgan fingerprint density at radius 2 is 1.83 bits per heavy atom. The van der Waals surface area contributed by atoms with Gasteiger partial charge in [0, 0.05) is 10.7 Å². The third kappa shape index (κ3) is 3.23. The van der Waals surface area contributed by atoms with E-state index in [0.29, 0.717) is 30.5 Å². The zero-order valence-electron chi connectivity index (χ0n) is 16.8. The van der Waals surface area contributed by atoms with Crippen molar-refractivity contribution < 1.29 is 35.2 Å². The van der Waals surface area contributed by atoms with E-state index in [1.165, 1.54) is 6.08 Å². The number of alkyl halides is 3. The summed E-state index contributed by atoms with van der Waals surface area (Å²) in [6.07, 6.45) is 9.34. The third-order valence-electron chi connectivity index (χ3n) is 8.04. The Bertz CT molecular complexity index is 983. The van der Waals surface area contributed by atoms with Crippen molar-refractivity contribution in [2.45, 2.75) is 57.9 Å². The maximum atomic E-state index is 12.8. The number of fused-ring (bicyclic) bond motifs is 5. The van der Waals surface area contributed by atoms with Gasteiger partial charge in [0.1, 0.15) is 5.76 Å². The van der Waals surface area contributed by atoms with Crippen molar-refractivity contribution in [3.63, 3.8) is 0 Å². The van der Waals surface area contributed by atoms with E-state index < -0.39 is 29.1 Å². The number of allylic oxidation sites excluding steroid dienone is 6. The van der Waals surface area contributed by atoms with E-state index in [-0.39, 0.29) is 23.0 Å². The van der Waals surface area contributed by atoms with E-state index in [9.17, 15) is 31.0 Å². The topological polar surface area (TPSA) is 80.7 Å². The highest BCUT2D eigenvalue weighted by Gasteiger charge is 2.59. The summed E-state index contributed by atoms with van der Waals surface area (Å²) in [5.41, 5.74) is -5.25. The molecule has 1 fully saturated rings. The Morgan fingerprint density at radius 3 is 2.47 bits per heavy atom. The summed E-state index contributed by atoms with van der Waals surface area (Å²) in [5.74, 6) is 0.422. The molecule has 30 heavy (non-hydrogen) atoms. The molecule has 10 heteroatoms. The van der Waals surface area contributed by atoms with Gasteiger partial charge in [-0.25, -0.2) is 0 Å². The number of hydrogen-bond donors (Lipinski definition) is 1. The van der Waals surface area contributed by atoms with Crippen LogP contribution in [-0.2, 0) is 18.9 Å². The monoisotopic (exact) mass is 466 g/mol. The van der Waals surface area contributed by atoms with Gasteiger partial charge < -0.3 is 9.08 Å². The van der Waals surface area contributed by atoms with Crippen molar-refractivity contribution in [2.24, 2.45) is 28.6 Å². The van der Waals surface area contributed by atoms with Gasteiger partial charge in [0.25, 0.3) is 0 Å². The lowest BCUT2D eigenvalue weighted by Gasteiger charge is -2.56. The van der Waals surface area contributed by atoms with Crippen LogP contribution in [0.3, 0.4) is 0 Å². The fourth-order valence-corrected chi connectivity index (χ4v) is 7.52. The first-order valence-corrected chi connectivity index (χ1v) is 12.9. The van der Waals surface area contributed by atoms with Crippen LogP contribution < -0.4 is 0 Å². The molecule has 0 radical (unpaired) electrons. The van der Waals surface area contributed by atoms with Crippen LogP contribution in [-0.4, -0.2) is 18.8 Å². The number of rotatable bonds is 3. The van der Waals surface area contributed by atoms with Crippen molar-refractivity contribution in [2.75, 3.05) is 0 Å². The highest BCUT2D eigenvalue weighted by Crippen LogP contribution is 2.65. The molecule has 0 aliphatic heterocycles. The molecule has 4 aliphatic carbocycles. The fraction of sp³-hybridized carbons (Fsp3) is 0.700. The predicted molar refractivity (Wildman–Crippen MR) is 106 cm³/mol. The van der Waals surface area contributed by atoms with Crippen LogP contribution in [0.15, 0.2) is 34.9 Å². The van der Waals surface area contributed by atoms with Crippen LogP contribution in [0.25, 0.3) is 0 Å². The van der Waals surface area contributed by atoms with Gasteiger partial charge in [-0.15, -0.1) is 0 Å². The van der Waals surface area contributed by atoms with Gasteiger partial charge in [-0.05, 0) is 73.3 Å². The molecule has 4 rings (SSSR count). The van der Waals surface area contributed by atoms with E-state index in [1.807, 2.05) is 13.0 Å². The van der Waals surface area contributed by atoms with Gasteiger partial charge in [0.2, 0.25) is 8.03 Å². The lowest BCUT2D eigenvalue weighted by Crippen LogP contribution is -2.49. The van der Waals surface area contributed by atoms with E-state index in [4.69, 9.17) is 0 Å². The average Bonchev–Trinajstić information content (AvgIpc) is 2.96. The van der Waals surface area contributed by atoms with Crippen molar-refractivity contribution in [1.82, 2.24) is 0 Å². The van der Waals surface area contributed by atoms with Gasteiger partial charge in [-0.1, -0.05) is 26.0 Å². The van der Waals surface area contributed by atoms with E-state index in [2.05, 4.69) is 17.2 Å². The standard InChI is InChI=1S/C20H26F3O5PS/c1-18-9-7-13(29(24)25)11-12(18)3-4-14-15-5-6-17(19(15,2)10-8-16(14)18)28-30(26,27)20(21,22)23/h3,6,11,14-16,29H,4-5,7-10H2,1-2H3,(H,24,25)/t14-,15-,16-,18-,19-/m0/s1. The molecule has 1 saturated carbocycles. The van der Waals surface area contributed by atoms with Crippen molar-refractivity contribution in [3.05, 3.63) is 34.9 Å².